The highest BCUT2D eigenvalue weighted by Gasteiger charge is 2.00. The summed E-state index contributed by atoms with van der Waals surface area (Å²) in [6, 6.07) is 0. The van der Waals surface area contributed by atoms with Crippen molar-refractivity contribution in [3.05, 3.63) is 47.7 Å². The van der Waals surface area contributed by atoms with E-state index in [-0.39, 0.29) is 0 Å². The standard InChI is InChI=1S/C12H15N/c1-4-7-12-10(2)8-5-6-9-13-11(12)3/h4-9H,1-3H3/b6-5?,7-4-,8-5?,9-6?,10-8?,12-10?,12-11?,13-9?,13-11?. The van der Waals surface area contributed by atoms with E-state index in [0.717, 1.165) is 5.71 Å². The summed E-state index contributed by atoms with van der Waals surface area (Å²) in [5.74, 6) is 0. The van der Waals surface area contributed by atoms with Gasteiger partial charge in [0, 0.05) is 11.9 Å². The van der Waals surface area contributed by atoms with Gasteiger partial charge in [-0.15, -0.1) is 0 Å². The van der Waals surface area contributed by atoms with Crippen LogP contribution in [-0.2, 0) is 0 Å². The summed E-state index contributed by atoms with van der Waals surface area (Å²) < 4.78 is 0. The molecular formula is C12H15N. The Balaban J connectivity index is 3.14. The van der Waals surface area contributed by atoms with Crippen LogP contribution in [0.5, 0.6) is 0 Å². The monoisotopic (exact) mass is 173 g/mol. The summed E-state index contributed by atoms with van der Waals surface area (Å²) in [5, 5.41) is 0. The summed E-state index contributed by atoms with van der Waals surface area (Å²) in [4.78, 5) is 4.31. The van der Waals surface area contributed by atoms with E-state index in [4.69, 9.17) is 0 Å². The molecule has 1 heteroatoms. The number of nitrogens with zero attached hydrogens (tertiary/aromatic N) is 1. The number of aliphatic imine (C=N–C) groups is 1. The van der Waals surface area contributed by atoms with Gasteiger partial charge in [-0.2, -0.15) is 0 Å². The smallest absolute Gasteiger partial charge is 0.0447 e. The predicted molar refractivity (Wildman–Crippen MR) is 58.9 cm³/mol. The number of rotatable bonds is 1. The van der Waals surface area contributed by atoms with Crippen LogP contribution in [0.15, 0.2) is 52.7 Å². The van der Waals surface area contributed by atoms with E-state index >= 15 is 0 Å². The summed E-state index contributed by atoms with van der Waals surface area (Å²) in [6.07, 6.45) is 12.0. The molecule has 0 aliphatic carbocycles. The number of hydrogen-bond donors (Lipinski definition) is 0. The van der Waals surface area contributed by atoms with E-state index in [1.54, 1.807) is 0 Å². The van der Waals surface area contributed by atoms with E-state index in [0.29, 0.717) is 0 Å². The van der Waals surface area contributed by atoms with E-state index in [1.807, 2.05) is 38.3 Å². The Kier molecular flexibility index (Phi) is 3.44. The average molecular weight is 173 g/mol. The zero-order valence-electron chi connectivity index (χ0n) is 8.41. The molecule has 1 heterocycles. The molecule has 0 saturated carbocycles. The maximum absolute atomic E-state index is 4.31. The number of hydrogen-bond acceptors (Lipinski definition) is 1. The second-order valence-electron chi connectivity index (χ2n) is 3.01. The summed E-state index contributed by atoms with van der Waals surface area (Å²) in [7, 11) is 0. The van der Waals surface area contributed by atoms with E-state index in [1.165, 1.54) is 11.1 Å². The van der Waals surface area contributed by atoms with Crippen LogP contribution in [0, 0.1) is 0 Å². The normalized spacial score (nSPS) is 17.6. The molecule has 1 rings (SSSR count). The summed E-state index contributed by atoms with van der Waals surface area (Å²) in [5.41, 5.74) is 3.53. The highest BCUT2D eigenvalue weighted by molar-refractivity contribution is 6.02. The van der Waals surface area contributed by atoms with Crippen molar-refractivity contribution in [2.45, 2.75) is 20.8 Å². The molecular weight excluding hydrogens is 158 g/mol. The average Bonchev–Trinajstić information content (AvgIpc) is 2.11. The molecule has 0 N–H and O–H groups in total. The third-order valence-electron chi connectivity index (χ3n) is 1.96. The van der Waals surface area contributed by atoms with Gasteiger partial charge in [-0.1, -0.05) is 24.3 Å². The van der Waals surface area contributed by atoms with Gasteiger partial charge in [0.25, 0.3) is 0 Å². The van der Waals surface area contributed by atoms with Crippen molar-refractivity contribution in [1.82, 2.24) is 0 Å². The first-order valence-corrected chi connectivity index (χ1v) is 4.47. The lowest BCUT2D eigenvalue weighted by atomic mass is 10.0. The van der Waals surface area contributed by atoms with Crippen molar-refractivity contribution in [3.8, 4) is 0 Å². The van der Waals surface area contributed by atoms with Gasteiger partial charge in [-0.05, 0) is 38.0 Å². The van der Waals surface area contributed by atoms with Crippen molar-refractivity contribution >= 4 is 5.71 Å². The van der Waals surface area contributed by atoms with Gasteiger partial charge in [0.1, 0.15) is 0 Å². The minimum Gasteiger partial charge on any atom is -0.261 e. The molecule has 0 radical (unpaired) electrons. The van der Waals surface area contributed by atoms with Crippen LogP contribution >= 0.6 is 0 Å². The molecule has 0 spiro atoms. The third kappa shape index (κ3) is 2.55. The van der Waals surface area contributed by atoms with Gasteiger partial charge in [-0.3, -0.25) is 4.99 Å². The van der Waals surface area contributed by atoms with Gasteiger partial charge < -0.3 is 0 Å². The maximum atomic E-state index is 4.31. The quantitative estimate of drug-likeness (QED) is 0.576. The molecule has 68 valence electrons. The van der Waals surface area contributed by atoms with E-state index in [2.05, 4.69) is 24.1 Å². The fraction of sp³-hybridized carbons (Fsp3) is 0.250. The largest absolute Gasteiger partial charge is 0.261 e. The molecule has 0 saturated heterocycles. The molecule has 0 amide bonds. The molecule has 0 atom stereocenters. The fourth-order valence-corrected chi connectivity index (χ4v) is 1.27. The van der Waals surface area contributed by atoms with Crippen molar-refractivity contribution in [3.63, 3.8) is 0 Å². The molecule has 1 aliphatic rings. The van der Waals surface area contributed by atoms with Gasteiger partial charge in [0.15, 0.2) is 0 Å². The van der Waals surface area contributed by atoms with Gasteiger partial charge >= 0.3 is 0 Å². The molecule has 0 fully saturated rings. The van der Waals surface area contributed by atoms with Crippen LogP contribution in [0.1, 0.15) is 20.8 Å². The Bertz CT molecular complexity index is 325. The zero-order valence-corrected chi connectivity index (χ0v) is 8.41. The van der Waals surface area contributed by atoms with Crippen LogP contribution in [0.4, 0.5) is 0 Å². The molecule has 0 aromatic heterocycles. The van der Waals surface area contributed by atoms with Crippen molar-refractivity contribution in [2.75, 3.05) is 0 Å². The Morgan fingerprint density at radius 2 is 2.00 bits per heavy atom. The highest BCUT2D eigenvalue weighted by atomic mass is 14.7. The van der Waals surface area contributed by atoms with Crippen LogP contribution in [0.3, 0.4) is 0 Å². The van der Waals surface area contributed by atoms with Crippen LogP contribution in [-0.4, -0.2) is 5.71 Å². The summed E-state index contributed by atoms with van der Waals surface area (Å²) >= 11 is 0. The zero-order chi connectivity index (χ0) is 9.68. The van der Waals surface area contributed by atoms with Crippen LogP contribution in [0.2, 0.25) is 0 Å². The molecule has 0 aromatic rings. The van der Waals surface area contributed by atoms with Crippen LogP contribution < -0.4 is 0 Å². The molecule has 0 bridgehead atoms. The first kappa shape index (κ1) is 9.72. The maximum Gasteiger partial charge on any atom is 0.0447 e. The topological polar surface area (TPSA) is 12.4 Å². The second-order valence-corrected chi connectivity index (χ2v) is 3.01. The molecule has 0 aromatic carbocycles. The molecule has 0 unspecified atom stereocenters. The summed E-state index contributed by atoms with van der Waals surface area (Å²) in [6.45, 7) is 6.15. The fourth-order valence-electron chi connectivity index (χ4n) is 1.27. The van der Waals surface area contributed by atoms with Gasteiger partial charge in [-0.25, -0.2) is 0 Å². The lowest BCUT2D eigenvalue weighted by Crippen LogP contribution is -1.97. The van der Waals surface area contributed by atoms with Gasteiger partial charge in [0.2, 0.25) is 0 Å². The molecule has 1 aliphatic heterocycles. The molecule has 13 heavy (non-hydrogen) atoms. The van der Waals surface area contributed by atoms with Crippen molar-refractivity contribution in [1.29, 1.82) is 0 Å². The molecule has 1 nitrogen and oxygen atoms in total. The van der Waals surface area contributed by atoms with E-state index < -0.39 is 0 Å². The Labute approximate surface area is 79.9 Å². The third-order valence-corrected chi connectivity index (χ3v) is 1.96. The number of allylic oxidation sites excluding steroid dienone is 7. The highest BCUT2D eigenvalue weighted by Crippen LogP contribution is 2.12. The van der Waals surface area contributed by atoms with E-state index in [9.17, 15) is 0 Å². The Hall–Kier alpha value is -1.37. The lowest BCUT2D eigenvalue weighted by molar-refractivity contribution is 1.41. The second kappa shape index (κ2) is 4.61. The first-order valence-electron chi connectivity index (χ1n) is 4.47. The van der Waals surface area contributed by atoms with Crippen molar-refractivity contribution < 1.29 is 0 Å². The first-order chi connectivity index (χ1) is 6.25. The van der Waals surface area contributed by atoms with Gasteiger partial charge in [0.05, 0.1) is 0 Å². The SMILES string of the molecule is C/C=C\C1=C(C)C=CC=CN=C1C. The minimum absolute atomic E-state index is 1.07. The Morgan fingerprint density at radius 1 is 1.23 bits per heavy atom. The minimum atomic E-state index is 1.07. The van der Waals surface area contributed by atoms with Crippen LogP contribution in [0.25, 0.3) is 0 Å². The Morgan fingerprint density at radius 3 is 2.69 bits per heavy atom. The predicted octanol–water partition coefficient (Wildman–Crippen LogP) is 3.42. The van der Waals surface area contributed by atoms with Crippen molar-refractivity contribution in [2.24, 2.45) is 4.99 Å². The lowest BCUT2D eigenvalue weighted by Gasteiger charge is -2.05.